The highest BCUT2D eigenvalue weighted by atomic mass is 32.2. The summed E-state index contributed by atoms with van der Waals surface area (Å²) in [5, 5.41) is 6.86. The molecule has 0 unspecified atom stereocenters. The van der Waals surface area contributed by atoms with Crippen molar-refractivity contribution in [3.05, 3.63) is 40.6 Å². The minimum Gasteiger partial charge on any atom is -0.308 e. The molecule has 2 rings (SSSR count). The first-order valence-electron chi connectivity index (χ1n) is 9.54. The fraction of sp³-hybridized carbons (Fsp3) is 0.550. The number of amides is 2. The van der Waals surface area contributed by atoms with Crippen molar-refractivity contribution in [2.45, 2.75) is 64.8 Å². The SMILES string of the molecule is CC(C)c1cc(F)cc(C(C)C)c1NC(=O)NS(=O)(=O)/C=C/[C@]1(C)CCCN1. The topological polar surface area (TPSA) is 87.3 Å². The van der Waals surface area contributed by atoms with Gasteiger partial charge >= 0.3 is 6.03 Å². The highest BCUT2D eigenvalue weighted by Gasteiger charge is 2.26. The highest BCUT2D eigenvalue weighted by molar-refractivity contribution is 7.92. The van der Waals surface area contributed by atoms with Gasteiger partial charge in [-0.2, -0.15) is 0 Å². The first-order valence-corrected chi connectivity index (χ1v) is 11.1. The Bertz CT molecular complexity index is 828. The van der Waals surface area contributed by atoms with Crippen LogP contribution in [0.4, 0.5) is 14.9 Å². The summed E-state index contributed by atoms with van der Waals surface area (Å²) in [4.78, 5) is 12.4. The van der Waals surface area contributed by atoms with Crippen molar-refractivity contribution in [2.75, 3.05) is 11.9 Å². The monoisotopic (exact) mass is 411 g/mol. The van der Waals surface area contributed by atoms with Gasteiger partial charge in [0, 0.05) is 16.6 Å². The van der Waals surface area contributed by atoms with E-state index in [1.165, 1.54) is 12.1 Å². The minimum atomic E-state index is -3.96. The number of nitrogens with one attached hydrogen (secondary N) is 3. The highest BCUT2D eigenvalue weighted by Crippen LogP contribution is 2.33. The molecule has 0 aromatic heterocycles. The second kappa shape index (κ2) is 8.61. The second-order valence-electron chi connectivity index (χ2n) is 8.12. The predicted octanol–water partition coefficient (Wildman–Crippen LogP) is 4.18. The molecule has 0 spiro atoms. The summed E-state index contributed by atoms with van der Waals surface area (Å²) < 4.78 is 40.5. The number of benzene rings is 1. The Labute approximate surface area is 167 Å². The van der Waals surface area contributed by atoms with Crippen LogP contribution in [0, 0.1) is 5.82 Å². The van der Waals surface area contributed by atoms with Gasteiger partial charge in [0.2, 0.25) is 0 Å². The molecular formula is C20H30FN3O3S. The van der Waals surface area contributed by atoms with E-state index in [-0.39, 0.29) is 17.7 Å². The molecule has 0 aliphatic carbocycles. The molecule has 1 aromatic rings. The molecule has 3 N–H and O–H groups in total. The van der Waals surface area contributed by atoms with Gasteiger partial charge in [0.15, 0.2) is 0 Å². The number of hydrogen-bond acceptors (Lipinski definition) is 4. The van der Waals surface area contributed by atoms with Gasteiger partial charge in [-0.25, -0.2) is 22.3 Å². The molecular weight excluding hydrogens is 381 g/mol. The van der Waals surface area contributed by atoms with Gasteiger partial charge in [0.1, 0.15) is 5.82 Å². The molecule has 1 heterocycles. The van der Waals surface area contributed by atoms with Crippen LogP contribution in [-0.4, -0.2) is 26.5 Å². The van der Waals surface area contributed by atoms with Gasteiger partial charge in [-0.05, 0) is 61.4 Å². The van der Waals surface area contributed by atoms with Gasteiger partial charge < -0.3 is 10.6 Å². The van der Waals surface area contributed by atoms with Crippen LogP contribution >= 0.6 is 0 Å². The smallest absolute Gasteiger partial charge is 0.308 e. The standard InChI is InChI=1S/C20H30FN3O3S/c1-13(2)16-11-15(21)12-17(14(3)4)18(16)23-19(25)24-28(26,27)10-8-20(5)7-6-9-22-20/h8,10-14,22H,6-7,9H2,1-5H3,(H2,23,24,25)/b10-8+/t20-/m0/s1. The molecule has 0 radical (unpaired) electrons. The third kappa shape index (κ3) is 5.78. The summed E-state index contributed by atoms with van der Waals surface area (Å²) >= 11 is 0. The number of urea groups is 1. The van der Waals surface area contributed by atoms with Gasteiger partial charge in [-0.1, -0.05) is 33.8 Å². The van der Waals surface area contributed by atoms with Gasteiger partial charge in [0.05, 0.1) is 0 Å². The van der Waals surface area contributed by atoms with E-state index in [1.807, 2.05) is 39.3 Å². The fourth-order valence-electron chi connectivity index (χ4n) is 3.31. The summed E-state index contributed by atoms with van der Waals surface area (Å²) in [6.45, 7) is 10.3. The summed E-state index contributed by atoms with van der Waals surface area (Å²) in [6, 6.07) is 1.87. The average molecular weight is 412 g/mol. The van der Waals surface area contributed by atoms with Gasteiger partial charge in [-0.3, -0.25) is 0 Å². The van der Waals surface area contributed by atoms with E-state index in [0.717, 1.165) is 24.8 Å². The summed E-state index contributed by atoms with van der Waals surface area (Å²) in [5.74, 6) is -0.479. The molecule has 156 valence electrons. The Kier molecular flexibility index (Phi) is 6.88. The first kappa shape index (κ1) is 22.4. The maximum atomic E-state index is 14.0. The molecule has 6 nitrogen and oxygen atoms in total. The number of hydrogen-bond donors (Lipinski definition) is 3. The zero-order chi connectivity index (χ0) is 21.1. The van der Waals surface area contributed by atoms with Crippen LogP contribution in [0.15, 0.2) is 23.6 Å². The molecule has 28 heavy (non-hydrogen) atoms. The summed E-state index contributed by atoms with van der Waals surface area (Å²) in [6.07, 6.45) is 3.36. The van der Waals surface area contributed by atoms with Crippen molar-refractivity contribution in [2.24, 2.45) is 0 Å². The quantitative estimate of drug-likeness (QED) is 0.655. The Hall–Kier alpha value is -1.93. The summed E-state index contributed by atoms with van der Waals surface area (Å²) in [7, 11) is -3.96. The number of carbonyl (C=O) groups is 1. The van der Waals surface area contributed by atoms with Crippen molar-refractivity contribution in [1.82, 2.24) is 10.0 Å². The van der Waals surface area contributed by atoms with Crippen molar-refractivity contribution in [3.63, 3.8) is 0 Å². The molecule has 0 saturated carbocycles. The van der Waals surface area contributed by atoms with Crippen LogP contribution in [0.1, 0.15) is 70.4 Å². The number of halogens is 1. The average Bonchev–Trinajstić information content (AvgIpc) is 3.00. The Balaban J connectivity index is 2.21. The normalized spacial score (nSPS) is 20.3. The molecule has 1 aromatic carbocycles. The van der Waals surface area contributed by atoms with E-state index >= 15 is 0 Å². The molecule has 1 saturated heterocycles. The Morgan fingerprint density at radius 1 is 1.21 bits per heavy atom. The van der Waals surface area contributed by atoms with Crippen LogP contribution in [0.5, 0.6) is 0 Å². The maximum Gasteiger partial charge on any atom is 0.333 e. The second-order valence-corrected chi connectivity index (χ2v) is 9.69. The van der Waals surface area contributed by atoms with Crippen LogP contribution in [-0.2, 0) is 10.0 Å². The molecule has 1 atom stereocenters. The van der Waals surface area contributed by atoms with Crippen molar-refractivity contribution < 1.29 is 17.6 Å². The van der Waals surface area contributed by atoms with E-state index in [2.05, 4.69) is 10.6 Å². The fourth-order valence-corrected chi connectivity index (χ4v) is 4.16. The minimum absolute atomic E-state index is 0.0478. The van der Waals surface area contributed by atoms with E-state index < -0.39 is 21.6 Å². The number of anilines is 1. The van der Waals surface area contributed by atoms with Crippen molar-refractivity contribution in [1.29, 1.82) is 0 Å². The maximum absolute atomic E-state index is 14.0. The van der Waals surface area contributed by atoms with Crippen molar-refractivity contribution in [3.8, 4) is 0 Å². The number of sulfonamides is 1. The molecule has 8 heteroatoms. The first-order chi connectivity index (χ1) is 12.9. The lowest BCUT2D eigenvalue weighted by molar-refractivity contribution is 0.256. The summed E-state index contributed by atoms with van der Waals surface area (Å²) in [5.41, 5.74) is 1.30. The van der Waals surface area contributed by atoms with Crippen molar-refractivity contribution >= 4 is 21.7 Å². The third-order valence-electron chi connectivity index (χ3n) is 4.90. The van der Waals surface area contributed by atoms with Crippen LogP contribution in [0.3, 0.4) is 0 Å². The number of rotatable bonds is 6. The number of carbonyl (C=O) groups excluding carboxylic acids is 1. The van der Waals surface area contributed by atoms with Crippen LogP contribution in [0.2, 0.25) is 0 Å². The molecule has 1 aliphatic heterocycles. The van der Waals surface area contributed by atoms with E-state index in [9.17, 15) is 17.6 Å². The Morgan fingerprint density at radius 2 is 1.79 bits per heavy atom. The Morgan fingerprint density at radius 3 is 2.25 bits per heavy atom. The molecule has 2 amide bonds. The van der Waals surface area contributed by atoms with E-state index in [1.54, 1.807) is 6.08 Å². The lowest BCUT2D eigenvalue weighted by Crippen LogP contribution is -2.36. The van der Waals surface area contributed by atoms with E-state index in [0.29, 0.717) is 16.8 Å². The zero-order valence-corrected chi connectivity index (χ0v) is 17.9. The lowest BCUT2D eigenvalue weighted by atomic mass is 9.92. The third-order valence-corrected chi connectivity index (χ3v) is 5.86. The molecule has 1 fully saturated rings. The van der Waals surface area contributed by atoms with Gasteiger partial charge in [-0.15, -0.1) is 0 Å². The largest absolute Gasteiger partial charge is 0.333 e. The van der Waals surface area contributed by atoms with Crippen LogP contribution in [0.25, 0.3) is 0 Å². The molecule has 1 aliphatic rings. The zero-order valence-electron chi connectivity index (χ0n) is 17.1. The van der Waals surface area contributed by atoms with E-state index in [4.69, 9.17) is 0 Å². The van der Waals surface area contributed by atoms with Gasteiger partial charge in [0.25, 0.3) is 10.0 Å². The lowest BCUT2D eigenvalue weighted by Gasteiger charge is -2.21. The van der Waals surface area contributed by atoms with Crippen LogP contribution < -0.4 is 15.4 Å². The predicted molar refractivity (Wildman–Crippen MR) is 110 cm³/mol. The molecule has 0 bridgehead atoms.